The molecule has 1 aliphatic heterocycles. The van der Waals surface area contributed by atoms with Gasteiger partial charge in [0.05, 0.1) is 17.1 Å². The second kappa shape index (κ2) is 10.4. The third-order valence-electron chi connectivity index (χ3n) is 7.08. The lowest BCUT2D eigenvalue weighted by Gasteiger charge is -2.33. The van der Waals surface area contributed by atoms with Crippen LogP contribution in [-0.2, 0) is 6.54 Å². The van der Waals surface area contributed by atoms with Crippen LogP contribution in [0.2, 0.25) is 0 Å². The lowest BCUT2D eigenvalue weighted by molar-refractivity contribution is 0.0908. The Balaban J connectivity index is 1.32. The normalized spacial score (nSPS) is 17.6. The van der Waals surface area contributed by atoms with Crippen molar-refractivity contribution in [1.82, 2.24) is 24.3 Å². The summed E-state index contributed by atoms with van der Waals surface area (Å²) in [4.78, 5) is 57.3. The molecule has 1 saturated heterocycles. The van der Waals surface area contributed by atoms with E-state index in [-0.39, 0.29) is 35.1 Å². The number of nitrogens with zero attached hydrogens (tertiary/aromatic N) is 4. The molecular formula is C27H31FN6O4. The van der Waals surface area contributed by atoms with Gasteiger partial charge >= 0.3 is 11.7 Å². The number of pyridine rings is 1. The number of carbonyl (C=O) groups excluding carboxylic acids is 2. The van der Waals surface area contributed by atoms with E-state index in [1.807, 2.05) is 13.8 Å². The topological polar surface area (TPSA) is 118 Å². The van der Waals surface area contributed by atoms with Gasteiger partial charge in [-0.05, 0) is 75.8 Å². The molecule has 2 fully saturated rings. The first-order valence-electron chi connectivity index (χ1n) is 13.0. The molecule has 2 aliphatic rings. The molecule has 1 saturated carbocycles. The fourth-order valence-electron chi connectivity index (χ4n) is 4.93. The summed E-state index contributed by atoms with van der Waals surface area (Å²) in [6.07, 6.45) is 4.40. The van der Waals surface area contributed by atoms with E-state index in [9.17, 15) is 23.6 Å². The zero-order valence-corrected chi connectivity index (χ0v) is 21.4. The van der Waals surface area contributed by atoms with Crippen molar-refractivity contribution in [2.24, 2.45) is 5.92 Å². The maximum Gasteiger partial charge on any atom is 0.331 e. The highest BCUT2D eigenvalue weighted by molar-refractivity contribution is 5.93. The van der Waals surface area contributed by atoms with Crippen LogP contribution in [0.3, 0.4) is 0 Å². The monoisotopic (exact) mass is 522 g/mol. The summed E-state index contributed by atoms with van der Waals surface area (Å²) < 4.78 is 16.0. The van der Waals surface area contributed by atoms with Gasteiger partial charge in [-0.15, -0.1) is 0 Å². The van der Waals surface area contributed by atoms with E-state index in [0.29, 0.717) is 55.0 Å². The van der Waals surface area contributed by atoms with Crippen LogP contribution in [0.4, 0.5) is 14.9 Å². The molecule has 3 amide bonds. The van der Waals surface area contributed by atoms with Crippen molar-refractivity contribution in [1.29, 1.82) is 0 Å². The second-order valence-electron chi connectivity index (χ2n) is 10.4. The number of nitrogens with one attached hydrogen (secondary N) is 2. The molecule has 11 heteroatoms. The van der Waals surface area contributed by atoms with Crippen molar-refractivity contribution in [2.45, 2.75) is 58.2 Å². The zero-order valence-electron chi connectivity index (χ0n) is 21.4. The lowest BCUT2D eigenvalue weighted by Crippen LogP contribution is -2.50. The third kappa shape index (κ3) is 5.32. The van der Waals surface area contributed by atoms with Gasteiger partial charge in [0, 0.05) is 37.4 Å². The number of amides is 3. The first-order valence-corrected chi connectivity index (χ1v) is 13.0. The number of urea groups is 1. The molecule has 0 unspecified atom stereocenters. The van der Waals surface area contributed by atoms with E-state index in [0.717, 1.165) is 19.0 Å². The predicted octanol–water partition coefficient (Wildman–Crippen LogP) is 3.11. The molecule has 0 spiro atoms. The minimum absolute atomic E-state index is 0.108. The highest BCUT2D eigenvalue weighted by atomic mass is 19.1. The first-order chi connectivity index (χ1) is 18.2. The molecule has 2 aromatic heterocycles. The fraction of sp³-hybridized carbons (Fsp3) is 0.444. The Morgan fingerprint density at radius 2 is 1.92 bits per heavy atom. The Hall–Kier alpha value is -4.02. The van der Waals surface area contributed by atoms with Crippen LogP contribution < -0.4 is 21.9 Å². The molecular weight excluding hydrogens is 491 g/mol. The van der Waals surface area contributed by atoms with Gasteiger partial charge in [0.15, 0.2) is 0 Å². The zero-order chi connectivity index (χ0) is 27.0. The number of aromatic nitrogens is 3. The summed E-state index contributed by atoms with van der Waals surface area (Å²) in [5, 5.41) is 6.11. The molecule has 0 radical (unpaired) electrons. The van der Waals surface area contributed by atoms with E-state index in [2.05, 4.69) is 15.6 Å². The Labute approximate surface area is 218 Å². The number of halogens is 1. The highest BCUT2D eigenvalue weighted by Crippen LogP contribution is 2.30. The van der Waals surface area contributed by atoms with Crippen LogP contribution in [0.25, 0.3) is 10.9 Å². The summed E-state index contributed by atoms with van der Waals surface area (Å²) in [6, 6.07) is 6.74. The van der Waals surface area contributed by atoms with Crippen molar-refractivity contribution < 1.29 is 14.0 Å². The number of anilines is 1. The summed E-state index contributed by atoms with van der Waals surface area (Å²) in [7, 11) is 0. The van der Waals surface area contributed by atoms with E-state index < -0.39 is 11.7 Å². The second-order valence-corrected chi connectivity index (χ2v) is 10.4. The molecule has 38 heavy (non-hydrogen) atoms. The molecule has 1 atom stereocenters. The molecule has 3 heterocycles. The van der Waals surface area contributed by atoms with E-state index in [4.69, 9.17) is 0 Å². The number of fused-ring (bicyclic) bond motifs is 1. The average molecular weight is 523 g/mol. The molecule has 200 valence electrons. The van der Waals surface area contributed by atoms with E-state index >= 15 is 0 Å². The van der Waals surface area contributed by atoms with Gasteiger partial charge in [-0.25, -0.2) is 19.0 Å². The van der Waals surface area contributed by atoms with Crippen LogP contribution in [0.1, 0.15) is 56.1 Å². The van der Waals surface area contributed by atoms with Gasteiger partial charge in [0.1, 0.15) is 11.5 Å². The Bertz CT molecular complexity index is 1490. The standard InChI is InChI=1S/C27H31FN6O4/c1-16(2)34-23-10-8-19(12-21(23)25(36)33(27(34)38)14-17-5-6-17)31-26(37)32-11-3-4-20(15-32)30-24(35)22-9-7-18(28)13-29-22/h7-10,12-13,16-17,20H,3-6,11,14-15H2,1-2H3,(H,30,35)(H,31,37)/t20-/m1/s1. The average Bonchev–Trinajstić information content (AvgIpc) is 3.71. The largest absolute Gasteiger partial charge is 0.346 e. The summed E-state index contributed by atoms with van der Waals surface area (Å²) in [6.45, 7) is 5.03. The number of carbonyl (C=O) groups is 2. The van der Waals surface area contributed by atoms with Gasteiger partial charge in [-0.3, -0.25) is 18.7 Å². The number of likely N-dealkylation sites (tertiary alicyclic amines) is 1. The first kappa shape index (κ1) is 25.6. The van der Waals surface area contributed by atoms with Crippen molar-refractivity contribution in [3.63, 3.8) is 0 Å². The molecule has 3 aromatic rings. The number of piperidine rings is 1. The minimum atomic E-state index is -0.523. The molecule has 10 nitrogen and oxygen atoms in total. The van der Waals surface area contributed by atoms with Gasteiger partial charge < -0.3 is 15.5 Å². The predicted molar refractivity (Wildman–Crippen MR) is 141 cm³/mol. The smallest absolute Gasteiger partial charge is 0.331 e. The number of rotatable bonds is 6. The molecule has 5 rings (SSSR count). The maximum absolute atomic E-state index is 13.3. The van der Waals surface area contributed by atoms with Crippen LogP contribution in [0.15, 0.2) is 46.1 Å². The summed E-state index contributed by atoms with van der Waals surface area (Å²) in [5.74, 6) is -0.594. The maximum atomic E-state index is 13.3. The van der Waals surface area contributed by atoms with Crippen molar-refractivity contribution in [2.75, 3.05) is 18.4 Å². The van der Waals surface area contributed by atoms with Crippen molar-refractivity contribution in [3.8, 4) is 0 Å². The van der Waals surface area contributed by atoms with Crippen molar-refractivity contribution >= 4 is 28.5 Å². The van der Waals surface area contributed by atoms with Crippen LogP contribution in [-0.4, -0.2) is 50.1 Å². The Morgan fingerprint density at radius 3 is 2.61 bits per heavy atom. The summed E-state index contributed by atoms with van der Waals surface area (Å²) >= 11 is 0. The molecule has 2 N–H and O–H groups in total. The highest BCUT2D eigenvalue weighted by Gasteiger charge is 2.27. The van der Waals surface area contributed by atoms with Gasteiger partial charge in [-0.2, -0.15) is 0 Å². The Kier molecular flexibility index (Phi) is 7.00. The van der Waals surface area contributed by atoms with Gasteiger partial charge in [0.2, 0.25) is 0 Å². The van der Waals surface area contributed by atoms with Crippen LogP contribution in [0.5, 0.6) is 0 Å². The number of hydrogen-bond acceptors (Lipinski definition) is 5. The van der Waals surface area contributed by atoms with Gasteiger partial charge in [-0.1, -0.05) is 0 Å². The molecule has 1 aliphatic carbocycles. The number of benzene rings is 1. The quantitative estimate of drug-likeness (QED) is 0.516. The lowest BCUT2D eigenvalue weighted by atomic mass is 10.1. The number of hydrogen-bond donors (Lipinski definition) is 2. The van der Waals surface area contributed by atoms with Gasteiger partial charge in [0.25, 0.3) is 11.5 Å². The van der Waals surface area contributed by atoms with E-state index in [1.54, 1.807) is 27.7 Å². The van der Waals surface area contributed by atoms with Crippen LogP contribution in [0, 0.1) is 11.7 Å². The Morgan fingerprint density at radius 1 is 1.13 bits per heavy atom. The van der Waals surface area contributed by atoms with Crippen molar-refractivity contribution in [3.05, 3.63) is 68.9 Å². The molecule has 1 aromatic carbocycles. The third-order valence-corrected chi connectivity index (χ3v) is 7.08. The molecule has 0 bridgehead atoms. The fourth-order valence-corrected chi connectivity index (χ4v) is 4.93. The SMILES string of the molecule is CC(C)n1c(=O)n(CC2CC2)c(=O)c2cc(NC(=O)N3CCC[C@@H](NC(=O)c4ccc(F)cn4)C3)ccc21. The van der Waals surface area contributed by atoms with Crippen LogP contribution >= 0.6 is 0 Å². The minimum Gasteiger partial charge on any atom is -0.346 e. The van der Waals surface area contributed by atoms with E-state index in [1.165, 1.54) is 16.7 Å². The summed E-state index contributed by atoms with van der Waals surface area (Å²) in [5.41, 5.74) is 0.443.